The summed E-state index contributed by atoms with van der Waals surface area (Å²) in [5.41, 5.74) is 2.36. The molecule has 2 saturated heterocycles. The zero-order valence-corrected chi connectivity index (χ0v) is 23.4. The number of carbonyl (C=O) groups excluding carboxylic acids is 1. The van der Waals surface area contributed by atoms with Crippen molar-refractivity contribution in [1.82, 2.24) is 9.21 Å². The number of rotatable bonds is 8. The van der Waals surface area contributed by atoms with Gasteiger partial charge in [-0.15, -0.1) is 0 Å². The summed E-state index contributed by atoms with van der Waals surface area (Å²) in [4.78, 5) is 15.4. The molecule has 0 aliphatic carbocycles. The summed E-state index contributed by atoms with van der Waals surface area (Å²) in [6, 6.07) is 14.7. The Hall–Kier alpha value is -2.26. The predicted molar refractivity (Wildman–Crippen MR) is 147 cm³/mol. The topological polar surface area (TPSA) is 79.0 Å². The maximum absolute atomic E-state index is 13.8. The quantitative estimate of drug-likeness (QED) is 0.548. The number of nitrogens with one attached hydrogen (secondary N) is 1. The molecule has 0 radical (unpaired) electrons. The molecule has 1 spiro atoms. The summed E-state index contributed by atoms with van der Waals surface area (Å²) in [6.07, 6.45) is 3.22. The first kappa shape index (κ1) is 27.8. The van der Waals surface area contributed by atoms with Crippen molar-refractivity contribution in [3.8, 4) is 0 Å². The zero-order valence-electron chi connectivity index (χ0n) is 22.6. The fraction of sp³-hybridized carbons (Fsp3) is 0.552. The van der Waals surface area contributed by atoms with Crippen LogP contribution in [0.3, 0.4) is 0 Å². The van der Waals surface area contributed by atoms with Gasteiger partial charge in [-0.25, -0.2) is 8.42 Å². The van der Waals surface area contributed by atoms with Crippen molar-refractivity contribution in [2.75, 3.05) is 38.1 Å². The van der Waals surface area contributed by atoms with Crippen molar-refractivity contribution in [3.05, 3.63) is 59.7 Å². The van der Waals surface area contributed by atoms with E-state index in [1.54, 1.807) is 16.4 Å². The third kappa shape index (κ3) is 6.60. The molecule has 8 heteroatoms. The van der Waals surface area contributed by atoms with Gasteiger partial charge < -0.3 is 10.1 Å². The Morgan fingerprint density at radius 2 is 1.86 bits per heavy atom. The molecule has 37 heavy (non-hydrogen) atoms. The molecule has 1 amide bonds. The number of amides is 1. The number of nitrogens with zero attached hydrogens (tertiary/aromatic N) is 2. The van der Waals surface area contributed by atoms with Crippen LogP contribution in [0.15, 0.2) is 53.4 Å². The number of aryl methyl sites for hydroxylation is 2. The standard InChI is InChI=1S/C29H41N3O4S/c1-5-24-9-6-7-10-27(24)30-28(33)18-31-16-8-15-29(20-31)21-32(25(19-36-29)17-22(2)3)37(34,35)26-13-11-23(4)12-14-26/h6-7,9-14,22,25H,5,8,15-21H2,1-4H3,(H,30,33)/t25-,29-/m0/s1. The van der Waals surface area contributed by atoms with Crippen molar-refractivity contribution in [2.45, 2.75) is 69.9 Å². The summed E-state index contributed by atoms with van der Waals surface area (Å²) < 4.78 is 35.8. The Morgan fingerprint density at radius 1 is 1.14 bits per heavy atom. The molecule has 0 aromatic heterocycles. The van der Waals surface area contributed by atoms with Crippen molar-refractivity contribution in [3.63, 3.8) is 0 Å². The van der Waals surface area contributed by atoms with Gasteiger partial charge in [0, 0.05) is 24.8 Å². The number of hydrogen-bond donors (Lipinski definition) is 1. The first-order valence-electron chi connectivity index (χ1n) is 13.4. The normalized spacial score (nSPS) is 23.4. The lowest BCUT2D eigenvalue weighted by molar-refractivity contribution is -0.146. The molecule has 1 N–H and O–H groups in total. The van der Waals surface area contributed by atoms with Crippen molar-refractivity contribution >= 4 is 21.6 Å². The highest BCUT2D eigenvalue weighted by molar-refractivity contribution is 7.89. The number of hydrogen-bond acceptors (Lipinski definition) is 5. The Kier molecular flexibility index (Phi) is 8.74. The van der Waals surface area contributed by atoms with Gasteiger partial charge in [-0.1, -0.05) is 56.7 Å². The minimum absolute atomic E-state index is 0.0597. The van der Waals surface area contributed by atoms with Gasteiger partial charge in [-0.05, 0) is 68.8 Å². The van der Waals surface area contributed by atoms with Crippen molar-refractivity contribution < 1.29 is 17.9 Å². The summed E-state index contributed by atoms with van der Waals surface area (Å²) in [5.74, 6) is 0.284. The minimum atomic E-state index is -3.68. The monoisotopic (exact) mass is 527 g/mol. The van der Waals surface area contributed by atoms with E-state index in [1.165, 1.54) is 0 Å². The molecule has 0 bridgehead atoms. The van der Waals surface area contributed by atoms with Crippen LogP contribution in [-0.4, -0.2) is 68.0 Å². The van der Waals surface area contributed by atoms with Gasteiger partial charge >= 0.3 is 0 Å². The second-order valence-electron chi connectivity index (χ2n) is 11.0. The van der Waals surface area contributed by atoms with Crippen molar-refractivity contribution in [2.24, 2.45) is 5.92 Å². The van der Waals surface area contributed by atoms with E-state index in [9.17, 15) is 13.2 Å². The largest absolute Gasteiger partial charge is 0.371 e. The van der Waals surface area contributed by atoms with E-state index < -0.39 is 15.6 Å². The molecule has 2 atom stereocenters. The van der Waals surface area contributed by atoms with Gasteiger partial charge in [-0.3, -0.25) is 9.69 Å². The van der Waals surface area contributed by atoms with Crippen LogP contribution < -0.4 is 5.32 Å². The maximum Gasteiger partial charge on any atom is 0.243 e. The van der Waals surface area contributed by atoms with Crippen LogP contribution in [0.4, 0.5) is 5.69 Å². The summed E-state index contributed by atoms with van der Waals surface area (Å²) in [6.45, 7) is 10.5. The number of carbonyl (C=O) groups is 1. The van der Waals surface area contributed by atoms with Gasteiger partial charge in [0.1, 0.15) is 0 Å². The number of piperidine rings is 1. The van der Waals surface area contributed by atoms with Crippen LogP contribution in [0.25, 0.3) is 0 Å². The second-order valence-corrected chi connectivity index (χ2v) is 12.9. The number of morpholine rings is 1. The molecule has 2 aromatic carbocycles. The lowest BCUT2D eigenvalue weighted by Gasteiger charge is -2.50. The van der Waals surface area contributed by atoms with Gasteiger partial charge in [0.15, 0.2) is 0 Å². The molecule has 7 nitrogen and oxygen atoms in total. The number of sulfonamides is 1. The highest BCUT2D eigenvalue weighted by Gasteiger charge is 2.47. The van der Waals surface area contributed by atoms with E-state index in [0.29, 0.717) is 30.5 Å². The highest BCUT2D eigenvalue weighted by Crippen LogP contribution is 2.35. The van der Waals surface area contributed by atoms with Crippen molar-refractivity contribution in [1.29, 1.82) is 0 Å². The lowest BCUT2D eigenvalue weighted by Crippen LogP contribution is -2.64. The second kappa shape index (κ2) is 11.6. The van der Waals surface area contributed by atoms with Crippen LogP contribution in [0.5, 0.6) is 0 Å². The summed E-state index contributed by atoms with van der Waals surface area (Å²) in [5, 5.41) is 3.06. The predicted octanol–water partition coefficient (Wildman–Crippen LogP) is 4.47. The Bertz CT molecular complexity index is 1180. The first-order valence-corrected chi connectivity index (χ1v) is 14.9. The number of benzene rings is 2. The Labute approximate surface area is 222 Å². The van der Waals surface area contributed by atoms with Gasteiger partial charge in [-0.2, -0.15) is 4.31 Å². The maximum atomic E-state index is 13.8. The fourth-order valence-corrected chi connectivity index (χ4v) is 7.28. The molecule has 4 rings (SSSR count). The van der Waals surface area contributed by atoms with Crippen LogP contribution in [0.2, 0.25) is 0 Å². The number of para-hydroxylation sites is 1. The third-order valence-electron chi connectivity index (χ3n) is 7.46. The molecule has 202 valence electrons. The number of anilines is 1. The van der Waals surface area contributed by atoms with Crippen LogP contribution >= 0.6 is 0 Å². The molecular weight excluding hydrogens is 486 g/mol. The van der Waals surface area contributed by atoms with E-state index in [-0.39, 0.29) is 18.5 Å². The molecule has 2 heterocycles. The third-order valence-corrected chi connectivity index (χ3v) is 9.37. The van der Waals surface area contributed by atoms with E-state index in [4.69, 9.17) is 4.74 Å². The fourth-order valence-electron chi connectivity index (χ4n) is 5.59. The minimum Gasteiger partial charge on any atom is -0.371 e. The summed E-state index contributed by atoms with van der Waals surface area (Å²) >= 11 is 0. The average molecular weight is 528 g/mol. The number of ether oxygens (including phenoxy) is 1. The Morgan fingerprint density at radius 3 is 2.57 bits per heavy atom. The Balaban J connectivity index is 1.50. The highest BCUT2D eigenvalue weighted by atomic mass is 32.2. The summed E-state index contributed by atoms with van der Waals surface area (Å²) in [7, 11) is -3.68. The van der Waals surface area contributed by atoms with E-state index in [1.807, 2.05) is 43.3 Å². The van der Waals surface area contributed by atoms with E-state index in [0.717, 1.165) is 49.0 Å². The smallest absolute Gasteiger partial charge is 0.243 e. The lowest BCUT2D eigenvalue weighted by atomic mass is 9.89. The van der Waals surface area contributed by atoms with Crippen LogP contribution in [0.1, 0.15) is 51.2 Å². The molecule has 2 aromatic rings. The average Bonchev–Trinajstić information content (AvgIpc) is 2.85. The zero-order chi connectivity index (χ0) is 26.6. The molecule has 0 saturated carbocycles. The van der Waals surface area contributed by atoms with Gasteiger partial charge in [0.05, 0.1) is 23.6 Å². The molecule has 0 unspecified atom stereocenters. The number of likely N-dealkylation sites (tertiary alicyclic amines) is 1. The van der Waals surface area contributed by atoms with Crippen LogP contribution in [-0.2, 0) is 26.0 Å². The molecule has 2 fully saturated rings. The van der Waals surface area contributed by atoms with Gasteiger partial charge in [0.2, 0.25) is 15.9 Å². The SMILES string of the molecule is CCc1ccccc1NC(=O)CN1CCC[C@]2(C1)CN(S(=O)(=O)c1ccc(C)cc1)[C@@H](CC(C)C)CO2. The molecule has 2 aliphatic rings. The first-order chi connectivity index (χ1) is 17.6. The van der Waals surface area contributed by atoms with E-state index in [2.05, 4.69) is 31.0 Å². The van der Waals surface area contributed by atoms with Gasteiger partial charge in [0.25, 0.3) is 0 Å². The molecular formula is C29H41N3O4S. The molecule has 2 aliphatic heterocycles. The van der Waals surface area contributed by atoms with Crippen LogP contribution in [0, 0.1) is 12.8 Å². The van der Waals surface area contributed by atoms with E-state index >= 15 is 0 Å².